The summed E-state index contributed by atoms with van der Waals surface area (Å²) in [6.45, 7) is 11.9. The minimum atomic E-state index is -0.0733. The van der Waals surface area contributed by atoms with Crippen LogP contribution in [0.3, 0.4) is 0 Å². The molecule has 2 rings (SSSR count). The first-order chi connectivity index (χ1) is 8.78. The van der Waals surface area contributed by atoms with Crippen molar-refractivity contribution in [2.45, 2.75) is 64.7 Å². The second-order valence-corrected chi connectivity index (χ2v) is 6.92. The van der Waals surface area contributed by atoms with E-state index in [0.717, 1.165) is 19.4 Å². The molecule has 0 bridgehead atoms. The number of hydrogen-bond acceptors (Lipinski definition) is 2. The molecule has 1 aromatic rings. The molecule has 1 aromatic carbocycles. The average molecular weight is 261 g/mol. The third-order valence-corrected chi connectivity index (χ3v) is 3.96. The zero-order valence-corrected chi connectivity index (χ0v) is 12.9. The molecular weight excluding hydrogens is 234 g/mol. The van der Waals surface area contributed by atoms with Crippen molar-refractivity contribution in [2.75, 3.05) is 6.54 Å². The fraction of sp³-hybridized carbons (Fsp3) is 0.647. The van der Waals surface area contributed by atoms with Crippen LogP contribution in [0.15, 0.2) is 24.3 Å². The zero-order valence-electron chi connectivity index (χ0n) is 12.9. The van der Waals surface area contributed by atoms with Gasteiger partial charge in [0.05, 0.1) is 11.2 Å². The van der Waals surface area contributed by atoms with Crippen molar-refractivity contribution in [1.82, 2.24) is 5.32 Å². The van der Waals surface area contributed by atoms with Crippen LogP contribution >= 0.6 is 0 Å². The Kier molecular flexibility index (Phi) is 4.03. The molecule has 1 N–H and O–H groups in total. The Balaban J connectivity index is 1.86. The molecule has 106 valence electrons. The summed E-state index contributed by atoms with van der Waals surface area (Å²) in [6, 6.07) is 9.19. The third kappa shape index (κ3) is 3.80. The van der Waals surface area contributed by atoms with Gasteiger partial charge in [-0.05, 0) is 59.6 Å². The lowest BCUT2D eigenvalue weighted by Crippen LogP contribution is -2.44. The summed E-state index contributed by atoms with van der Waals surface area (Å²) >= 11 is 0. The van der Waals surface area contributed by atoms with Crippen LogP contribution in [0.1, 0.15) is 45.2 Å². The molecule has 0 spiro atoms. The van der Waals surface area contributed by atoms with Crippen molar-refractivity contribution in [3.63, 3.8) is 0 Å². The van der Waals surface area contributed by atoms with Crippen LogP contribution in [0.5, 0.6) is 0 Å². The maximum atomic E-state index is 6.11. The standard InChI is InChI=1S/C17H27NO/c1-13-7-6-8-14(11-13)9-10-18-15-12-16(2,3)19-17(15,4)5/h6-8,11,15,18H,9-10,12H2,1-5H3. The second kappa shape index (κ2) is 5.26. The van der Waals surface area contributed by atoms with E-state index in [4.69, 9.17) is 4.74 Å². The molecular formula is C17H27NO. The largest absolute Gasteiger partial charge is 0.368 e. The molecule has 0 aliphatic carbocycles. The topological polar surface area (TPSA) is 21.3 Å². The number of ether oxygens (including phenoxy) is 1. The highest BCUT2D eigenvalue weighted by molar-refractivity contribution is 5.22. The van der Waals surface area contributed by atoms with Gasteiger partial charge in [-0.2, -0.15) is 0 Å². The Morgan fingerprint density at radius 1 is 1.26 bits per heavy atom. The second-order valence-electron chi connectivity index (χ2n) is 6.92. The van der Waals surface area contributed by atoms with Gasteiger partial charge in [-0.15, -0.1) is 0 Å². The van der Waals surface area contributed by atoms with E-state index in [1.54, 1.807) is 0 Å². The monoisotopic (exact) mass is 261 g/mol. The lowest BCUT2D eigenvalue weighted by molar-refractivity contribution is -0.0697. The van der Waals surface area contributed by atoms with Crippen LogP contribution in [0, 0.1) is 6.92 Å². The van der Waals surface area contributed by atoms with E-state index < -0.39 is 0 Å². The van der Waals surface area contributed by atoms with E-state index in [1.165, 1.54) is 11.1 Å². The third-order valence-electron chi connectivity index (χ3n) is 3.96. The van der Waals surface area contributed by atoms with Gasteiger partial charge in [0.25, 0.3) is 0 Å². The summed E-state index contributed by atoms with van der Waals surface area (Å²) < 4.78 is 6.11. The molecule has 1 unspecified atom stereocenters. The van der Waals surface area contributed by atoms with Crippen LogP contribution < -0.4 is 5.32 Å². The smallest absolute Gasteiger partial charge is 0.0787 e. The highest BCUT2D eigenvalue weighted by Gasteiger charge is 2.45. The molecule has 19 heavy (non-hydrogen) atoms. The van der Waals surface area contributed by atoms with Gasteiger partial charge in [-0.25, -0.2) is 0 Å². The van der Waals surface area contributed by atoms with Crippen LogP contribution in [-0.4, -0.2) is 23.8 Å². The predicted molar refractivity (Wildman–Crippen MR) is 80.5 cm³/mol. The molecule has 1 aliphatic heterocycles. The molecule has 0 saturated carbocycles. The molecule has 0 amide bonds. The zero-order chi connectivity index (χ0) is 14.1. The fourth-order valence-electron chi connectivity index (χ4n) is 3.14. The average Bonchev–Trinajstić information content (AvgIpc) is 2.46. The van der Waals surface area contributed by atoms with Gasteiger partial charge in [-0.1, -0.05) is 29.8 Å². The first kappa shape index (κ1) is 14.5. The van der Waals surface area contributed by atoms with E-state index in [2.05, 4.69) is 64.2 Å². The SMILES string of the molecule is Cc1cccc(CCNC2CC(C)(C)OC2(C)C)c1. The summed E-state index contributed by atoms with van der Waals surface area (Å²) in [5.41, 5.74) is 2.66. The predicted octanol–water partition coefficient (Wildman–Crippen LogP) is 3.47. The molecule has 2 nitrogen and oxygen atoms in total. The van der Waals surface area contributed by atoms with Crippen LogP contribution in [0.25, 0.3) is 0 Å². The van der Waals surface area contributed by atoms with Gasteiger partial charge < -0.3 is 10.1 Å². The number of aryl methyl sites for hydroxylation is 1. The van der Waals surface area contributed by atoms with Crippen molar-refractivity contribution in [1.29, 1.82) is 0 Å². The van der Waals surface area contributed by atoms with Gasteiger partial charge in [0.2, 0.25) is 0 Å². The lowest BCUT2D eigenvalue weighted by Gasteiger charge is -2.28. The van der Waals surface area contributed by atoms with E-state index >= 15 is 0 Å². The number of benzene rings is 1. The van der Waals surface area contributed by atoms with Crippen LogP contribution in [0.4, 0.5) is 0 Å². The molecule has 1 saturated heterocycles. The Hall–Kier alpha value is -0.860. The molecule has 2 heteroatoms. The van der Waals surface area contributed by atoms with Gasteiger partial charge >= 0.3 is 0 Å². The quantitative estimate of drug-likeness (QED) is 0.896. The lowest BCUT2D eigenvalue weighted by atomic mass is 9.94. The minimum Gasteiger partial charge on any atom is -0.368 e. The number of hydrogen-bond donors (Lipinski definition) is 1. The van der Waals surface area contributed by atoms with Crippen LogP contribution in [-0.2, 0) is 11.2 Å². The van der Waals surface area contributed by atoms with E-state index in [1.807, 2.05) is 0 Å². The van der Waals surface area contributed by atoms with Gasteiger partial charge in [-0.3, -0.25) is 0 Å². The Bertz CT molecular complexity index is 437. The highest BCUT2D eigenvalue weighted by Crippen LogP contribution is 2.37. The van der Waals surface area contributed by atoms with Gasteiger partial charge in [0.1, 0.15) is 0 Å². The first-order valence-corrected chi connectivity index (χ1v) is 7.28. The maximum absolute atomic E-state index is 6.11. The number of rotatable bonds is 4. The first-order valence-electron chi connectivity index (χ1n) is 7.28. The van der Waals surface area contributed by atoms with Gasteiger partial charge in [0, 0.05) is 6.04 Å². The van der Waals surface area contributed by atoms with E-state index in [-0.39, 0.29) is 11.2 Å². The minimum absolute atomic E-state index is 0.00942. The summed E-state index contributed by atoms with van der Waals surface area (Å²) in [5.74, 6) is 0. The Morgan fingerprint density at radius 2 is 2.00 bits per heavy atom. The Morgan fingerprint density at radius 3 is 2.58 bits per heavy atom. The van der Waals surface area contributed by atoms with Crippen molar-refractivity contribution >= 4 is 0 Å². The van der Waals surface area contributed by atoms with E-state index in [9.17, 15) is 0 Å². The molecule has 0 aromatic heterocycles. The van der Waals surface area contributed by atoms with Gasteiger partial charge in [0.15, 0.2) is 0 Å². The molecule has 0 radical (unpaired) electrons. The van der Waals surface area contributed by atoms with Crippen molar-refractivity contribution in [3.05, 3.63) is 35.4 Å². The van der Waals surface area contributed by atoms with Crippen LogP contribution in [0.2, 0.25) is 0 Å². The number of nitrogens with one attached hydrogen (secondary N) is 1. The summed E-state index contributed by atoms with van der Waals surface area (Å²) in [4.78, 5) is 0. The summed E-state index contributed by atoms with van der Waals surface area (Å²) in [7, 11) is 0. The van der Waals surface area contributed by atoms with Crippen molar-refractivity contribution < 1.29 is 4.74 Å². The molecule has 1 heterocycles. The normalized spacial score (nSPS) is 24.6. The molecule has 1 aliphatic rings. The summed E-state index contributed by atoms with van der Waals surface area (Å²) in [5, 5.41) is 3.67. The summed E-state index contributed by atoms with van der Waals surface area (Å²) in [6.07, 6.45) is 2.16. The van der Waals surface area contributed by atoms with Crippen molar-refractivity contribution in [2.24, 2.45) is 0 Å². The maximum Gasteiger partial charge on any atom is 0.0787 e. The van der Waals surface area contributed by atoms with Crippen molar-refractivity contribution in [3.8, 4) is 0 Å². The van der Waals surface area contributed by atoms with E-state index in [0.29, 0.717) is 6.04 Å². The Labute approximate surface area is 117 Å². The molecule has 1 atom stereocenters. The molecule has 1 fully saturated rings. The fourth-order valence-corrected chi connectivity index (χ4v) is 3.14. The highest BCUT2D eigenvalue weighted by atomic mass is 16.5.